The number of anilines is 1. The molecule has 28 heavy (non-hydrogen) atoms. The van der Waals surface area contributed by atoms with Crippen molar-refractivity contribution in [2.24, 2.45) is 0 Å². The molecular formula is C22H23N3O3. The highest BCUT2D eigenvalue weighted by molar-refractivity contribution is 5.99. The largest absolute Gasteiger partial charge is 0.453 e. The van der Waals surface area contributed by atoms with Crippen LogP contribution >= 0.6 is 0 Å². The van der Waals surface area contributed by atoms with Gasteiger partial charge in [-0.2, -0.15) is 0 Å². The highest BCUT2D eigenvalue weighted by atomic mass is 16.5. The number of H-pyrrole nitrogens is 1. The van der Waals surface area contributed by atoms with Crippen LogP contribution in [0.1, 0.15) is 40.0 Å². The molecule has 0 atom stereocenters. The van der Waals surface area contributed by atoms with Crippen molar-refractivity contribution in [3.8, 4) is 0 Å². The molecule has 1 aliphatic carbocycles. The van der Waals surface area contributed by atoms with Gasteiger partial charge in [-0.3, -0.25) is 10.1 Å². The topological polar surface area (TPSA) is 83.2 Å². The summed E-state index contributed by atoms with van der Waals surface area (Å²) >= 11 is 0. The molecule has 0 saturated carbocycles. The smallest absolute Gasteiger partial charge is 0.411 e. The number of aryl methyl sites for hydroxylation is 2. The number of benzene rings is 2. The maximum atomic E-state index is 12.6. The second kappa shape index (κ2) is 7.76. The van der Waals surface area contributed by atoms with Crippen molar-refractivity contribution in [1.29, 1.82) is 0 Å². The normalized spacial score (nSPS) is 13.0. The Hall–Kier alpha value is -3.28. The summed E-state index contributed by atoms with van der Waals surface area (Å²) in [6.07, 6.45) is 4.08. The number of aromatic nitrogens is 1. The first-order chi connectivity index (χ1) is 13.6. The van der Waals surface area contributed by atoms with Crippen LogP contribution in [0.4, 0.5) is 10.5 Å². The minimum absolute atomic E-state index is 0.0931. The Morgan fingerprint density at radius 2 is 1.86 bits per heavy atom. The van der Waals surface area contributed by atoms with E-state index < -0.39 is 6.09 Å². The summed E-state index contributed by atoms with van der Waals surface area (Å²) in [7, 11) is 1.32. The molecule has 1 aliphatic rings. The zero-order valence-electron chi connectivity index (χ0n) is 15.8. The minimum atomic E-state index is -0.511. The van der Waals surface area contributed by atoms with Gasteiger partial charge in [-0.25, -0.2) is 4.79 Å². The molecule has 2 aromatic carbocycles. The first-order valence-corrected chi connectivity index (χ1v) is 9.49. The molecular weight excluding hydrogens is 354 g/mol. The van der Waals surface area contributed by atoms with E-state index in [0.29, 0.717) is 17.8 Å². The summed E-state index contributed by atoms with van der Waals surface area (Å²) in [5.41, 5.74) is 6.05. The molecule has 144 valence electrons. The molecule has 4 rings (SSSR count). The van der Waals surface area contributed by atoms with E-state index in [2.05, 4.69) is 20.4 Å². The van der Waals surface area contributed by atoms with Crippen molar-refractivity contribution in [1.82, 2.24) is 10.3 Å². The van der Waals surface area contributed by atoms with E-state index in [0.717, 1.165) is 23.9 Å². The highest BCUT2D eigenvalue weighted by Crippen LogP contribution is 2.29. The summed E-state index contributed by atoms with van der Waals surface area (Å²) in [5.74, 6) is -0.0931. The Morgan fingerprint density at radius 1 is 1.07 bits per heavy atom. The van der Waals surface area contributed by atoms with Crippen LogP contribution in [0.2, 0.25) is 0 Å². The third-order valence-electron chi connectivity index (χ3n) is 5.20. The molecule has 0 saturated heterocycles. The molecule has 0 unspecified atom stereocenters. The third kappa shape index (κ3) is 3.71. The molecule has 0 spiro atoms. The lowest BCUT2D eigenvalue weighted by Crippen LogP contribution is -2.22. The molecule has 3 aromatic rings. The standard InChI is InChI=1S/C22H23N3O3/c1-28-22(27)24-16-9-6-14(7-10-16)13-23-21(26)15-8-11-20-18(12-15)17-4-2-3-5-19(17)25-20/h6-12,25H,2-5,13H2,1H3,(H,23,26)(H,24,27). The number of fused-ring (bicyclic) bond motifs is 3. The first-order valence-electron chi connectivity index (χ1n) is 9.49. The number of carbonyl (C=O) groups is 2. The van der Waals surface area contributed by atoms with Gasteiger partial charge in [0, 0.05) is 34.4 Å². The van der Waals surface area contributed by atoms with E-state index in [1.54, 1.807) is 12.1 Å². The number of hydrogen-bond donors (Lipinski definition) is 3. The molecule has 1 aromatic heterocycles. The predicted molar refractivity (Wildman–Crippen MR) is 109 cm³/mol. The second-order valence-electron chi connectivity index (χ2n) is 7.05. The van der Waals surface area contributed by atoms with Crippen molar-refractivity contribution in [2.45, 2.75) is 32.2 Å². The highest BCUT2D eigenvalue weighted by Gasteiger charge is 2.16. The van der Waals surface area contributed by atoms with Gasteiger partial charge in [0.25, 0.3) is 5.91 Å². The van der Waals surface area contributed by atoms with Crippen LogP contribution in [0.5, 0.6) is 0 Å². The molecule has 0 aliphatic heterocycles. The van der Waals surface area contributed by atoms with Crippen LogP contribution in [-0.4, -0.2) is 24.1 Å². The van der Waals surface area contributed by atoms with Crippen LogP contribution in [-0.2, 0) is 24.1 Å². The fourth-order valence-electron chi connectivity index (χ4n) is 3.71. The first kappa shape index (κ1) is 18.1. The van der Waals surface area contributed by atoms with Crippen LogP contribution < -0.4 is 10.6 Å². The predicted octanol–water partition coefficient (Wildman–Crippen LogP) is 4.16. The zero-order valence-corrected chi connectivity index (χ0v) is 15.8. The lowest BCUT2D eigenvalue weighted by atomic mass is 9.95. The van der Waals surface area contributed by atoms with Gasteiger partial charge in [0.1, 0.15) is 0 Å². The summed E-state index contributed by atoms with van der Waals surface area (Å²) in [5, 5.41) is 6.73. The second-order valence-corrected chi connectivity index (χ2v) is 7.05. The SMILES string of the molecule is COC(=O)Nc1ccc(CNC(=O)c2ccc3[nH]c4c(c3c2)CCCC4)cc1. The molecule has 6 heteroatoms. The fourth-order valence-corrected chi connectivity index (χ4v) is 3.71. The maximum Gasteiger partial charge on any atom is 0.411 e. The summed E-state index contributed by atoms with van der Waals surface area (Å²) in [6.45, 7) is 0.417. The maximum absolute atomic E-state index is 12.6. The van der Waals surface area contributed by atoms with Crippen molar-refractivity contribution >= 4 is 28.6 Å². The Morgan fingerprint density at radius 3 is 2.64 bits per heavy atom. The number of rotatable bonds is 4. The van der Waals surface area contributed by atoms with Gasteiger partial charge in [0.2, 0.25) is 0 Å². The Kier molecular flexibility index (Phi) is 5.02. The van der Waals surface area contributed by atoms with Gasteiger partial charge in [-0.15, -0.1) is 0 Å². The summed E-state index contributed by atoms with van der Waals surface area (Å²) in [4.78, 5) is 27.3. The number of methoxy groups -OCH3 is 1. The average molecular weight is 377 g/mol. The Balaban J connectivity index is 1.43. The monoisotopic (exact) mass is 377 g/mol. The van der Waals surface area contributed by atoms with Gasteiger partial charge in [-0.05, 0) is 67.1 Å². The van der Waals surface area contributed by atoms with Gasteiger partial charge >= 0.3 is 6.09 Å². The van der Waals surface area contributed by atoms with Crippen molar-refractivity contribution < 1.29 is 14.3 Å². The molecule has 1 heterocycles. The van der Waals surface area contributed by atoms with E-state index in [9.17, 15) is 9.59 Å². The Labute approximate surface area is 163 Å². The van der Waals surface area contributed by atoms with Crippen molar-refractivity contribution in [2.75, 3.05) is 12.4 Å². The van der Waals surface area contributed by atoms with Crippen molar-refractivity contribution in [3.05, 3.63) is 64.8 Å². The van der Waals surface area contributed by atoms with Gasteiger partial charge < -0.3 is 15.0 Å². The van der Waals surface area contributed by atoms with Crippen LogP contribution in [0, 0.1) is 0 Å². The van der Waals surface area contributed by atoms with Gasteiger partial charge in [-0.1, -0.05) is 12.1 Å². The molecule has 0 fully saturated rings. The number of aromatic amines is 1. The number of carbonyl (C=O) groups excluding carboxylic acids is 2. The van der Waals surface area contributed by atoms with E-state index >= 15 is 0 Å². The van der Waals surface area contributed by atoms with E-state index in [1.165, 1.54) is 36.6 Å². The summed E-state index contributed by atoms with van der Waals surface area (Å²) in [6, 6.07) is 13.1. The quantitative estimate of drug-likeness (QED) is 0.638. The molecule has 0 radical (unpaired) electrons. The number of hydrogen-bond acceptors (Lipinski definition) is 3. The molecule has 3 N–H and O–H groups in total. The summed E-state index contributed by atoms with van der Waals surface area (Å²) < 4.78 is 4.56. The Bertz CT molecular complexity index is 1020. The molecule has 6 nitrogen and oxygen atoms in total. The van der Waals surface area contributed by atoms with Crippen LogP contribution in [0.3, 0.4) is 0 Å². The van der Waals surface area contributed by atoms with Gasteiger partial charge in [0.15, 0.2) is 0 Å². The number of amides is 2. The van der Waals surface area contributed by atoms with Crippen LogP contribution in [0.15, 0.2) is 42.5 Å². The lowest BCUT2D eigenvalue weighted by Gasteiger charge is -2.11. The molecule has 2 amide bonds. The van der Waals surface area contributed by atoms with Gasteiger partial charge in [0.05, 0.1) is 7.11 Å². The van der Waals surface area contributed by atoms with E-state index in [1.807, 2.05) is 30.3 Å². The lowest BCUT2D eigenvalue weighted by molar-refractivity contribution is 0.0951. The third-order valence-corrected chi connectivity index (χ3v) is 5.20. The fraction of sp³-hybridized carbons (Fsp3) is 0.273. The van der Waals surface area contributed by atoms with Crippen molar-refractivity contribution in [3.63, 3.8) is 0 Å². The van der Waals surface area contributed by atoms with E-state index in [-0.39, 0.29) is 5.91 Å². The number of nitrogens with one attached hydrogen (secondary N) is 3. The average Bonchev–Trinajstić information content (AvgIpc) is 3.10. The molecule has 0 bridgehead atoms. The minimum Gasteiger partial charge on any atom is -0.453 e. The van der Waals surface area contributed by atoms with Crippen LogP contribution in [0.25, 0.3) is 10.9 Å². The zero-order chi connectivity index (χ0) is 19.5. The number of ether oxygens (including phenoxy) is 1. The van der Waals surface area contributed by atoms with E-state index in [4.69, 9.17) is 0 Å².